The summed E-state index contributed by atoms with van der Waals surface area (Å²) in [5, 5.41) is 2.47. The number of fused-ring (bicyclic) bond motifs is 2. The van der Waals surface area contributed by atoms with Crippen molar-refractivity contribution in [3.05, 3.63) is 98.5 Å². The lowest BCUT2D eigenvalue weighted by Crippen LogP contribution is -2.32. The van der Waals surface area contributed by atoms with Gasteiger partial charge in [-0.1, -0.05) is 41.3 Å². The van der Waals surface area contributed by atoms with E-state index in [0.717, 1.165) is 28.0 Å². The average Bonchev–Trinajstić information content (AvgIpc) is 3.54. The van der Waals surface area contributed by atoms with Crippen LogP contribution in [0, 0.1) is 5.92 Å². The molecule has 3 atom stereocenters. The van der Waals surface area contributed by atoms with E-state index in [-0.39, 0.29) is 18.1 Å². The van der Waals surface area contributed by atoms with Crippen LogP contribution >= 0.6 is 23.1 Å². The number of hydrogen-bond acceptors (Lipinski definition) is 10. The first-order chi connectivity index (χ1) is 21.8. The maximum atomic E-state index is 14.1. The van der Waals surface area contributed by atoms with Gasteiger partial charge in [0.2, 0.25) is 11.8 Å². The fraction of sp³-hybridized carbons (Fsp3) is 0.219. The Hall–Kier alpha value is -4.88. The number of nitrogens with one attached hydrogen (secondary N) is 2. The number of thiazole rings is 1. The van der Waals surface area contributed by atoms with Crippen molar-refractivity contribution in [2.75, 3.05) is 30.5 Å². The number of nitrogens with zero attached hydrogens (tertiary/aromatic N) is 1. The first kappa shape index (κ1) is 30.2. The predicted molar refractivity (Wildman–Crippen MR) is 168 cm³/mol. The molecule has 2 aliphatic rings. The topological polar surface area (TPSA) is 144 Å². The Morgan fingerprint density at radius 1 is 0.956 bits per heavy atom. The van der Waals surface area contributed by atoms with Crippen molar-refractivity contribution < 1.29 is 33.4 Å². The molecule has 6 rings (SSSR count). The zero-order chi connectivity index (χ0) is 31.7. The number of benzene rings is 3. The van der Waals surface area contributed by atoms with E-state index >= 15 is 0 Å². The molecule has 45 heavy (non-hydrogen) atoms. The van der Waals surface area contributed by atoms with E-state index in [4.69, 9.17) is 14.2 Å². The molecule has 0 aliphatic carbocycles. The Labute approximate surface area is 265 Å². The first-order valence-electron chi connectivity index (χ1n) is 14.0. The monoisotopic (exact) mass is 645 g/mol. The maximum absolute atomic E-state index is 14.1. The van der Waals surface area contributed by atoms with E-state index < -0.39 is 40.8 Å². The van der Waals surface area contributed by atoms with Crippen LogP contribution in [-0.2, 0) is 19.1 Å². The fourth-order valence-corrected chi connectivity index (χ4v) is 7.96. The molecule has 2 N–H and O–H groups in total. The number of para-hydroxylation sites is 1. The highest BCUT2D eigenvalue weighted by atomic mass is 32.2. The highest BCUT2D eigenvalue weighted by molar-refractivity contribution is 8.00. The number of H-pyrrole nitrogens is 1. The summed E-state index contributed by atoms with van der Waals surface area (Å²) in [6.07, 6.45) is 0. The summed E-state index contributed by atoms with van der Waals surface area (Å²) in [7, 11) is 1.55. The normalized spacial score (nSPS) is 18.6. The molecule has 0 spiro atoms. The average molecular weight is 646 g/mol. The molecule has 3 amide bonds. The molecular weight excluding hydrogens is 618 g/mol. The number of aromatic nitrogens is 1. The number of ether oxygens (including phenoxy) is 3. The number of carbonyl (C=O) groups excluding carboxylic acids is 4. The molecule has 2 aliphatic heterocycles. The van der Waals surface area contributed by atoms with Crippen LogP contribution in [0.1, 0.15) is 33.6 Å². The van der Waals surface area contributed by atoms with Gasteiger partial charge in [0, 0.05) is 22.0 Å². The largest absolute Gasteiger partial charge is 0.497 e. The molecule has 4 aromatic rings. The van der Waals surface area contributed by atoms with Gasteiger partial charge in [-0.25, -0.2) is 9.69 Å². The van der Waals surface area contributed by atoms with Crippen LogP contribution in [0.5, 0.6) is 11.5 Å². The lowest BCUT2D eigenvalue weighted by molar-refractivity contribution is -0.122. The second-order valence-corrected chi connectivity index (χ2v) is 12.3. The van der Waals surface area contributed by atoms with Gasteiger partial charge in [0.15, 0.2) is 6.61 Å². The molecule has 0 bridgehead atoms. The number of thioether (sulfide) groups is 1. The Morgan fingerprint density at radius 2 is 1.69 bits per heavy atom. The number of methoxy groups -OCH3 is 1. The van der Waals surface area contributed by atoms with Crippen LogP contribution in [0.2, 0.25) is 0 Å². The van der Waals surface area contributed by atoms with Crippen molar-refractivity contribution in [2.45, 2.75) is 23.1 Å². The van der Waals surface area contributed by atoms with Crippen molar-refractivity contribution in [1.82, 2.24) is 4.98 Å². The molecular formula is C32H27N3O8S2. The quantitative estimate of drug-likeness (QED) is 0.200. The van der Waals surface area contributed by atoms with E-state index in [1.54, 1.807) is 62.6 Å². The summed E-state index contributed by atoms with van der Waals surface area (Å²) < 4.78 is 16.2. The summed E-state index contributed by atoms with van der Waals surface area (Å²) in [5.74, 6) is -2.33. The Bertz CT molecular complexity index is 1830. The van der Waals surface area contributed by atoms with E-state index in [1.807, 2.05) is 0 Å². The second kappa shape index (κ2) is 12.6. The molecule has 11 nitrogen and oxygen atoms in total. The van der Waals surface area contributed by atoms with Gasteiger partial charge in [0.25, 0.3) is 5.91 Å². The van der Waals surface area contributed by atoms with Gasteiger partial charge in [0.1, 0.15) is 16.7 Å². The molecule has 1 aromatic heterocycles. The maximum Gasteiger partial charge on any atom is 0.338 e. The van der Waals surface area contributed by atoms with Gasteiger partial charge in [-0.05, 0) is 61.5 Å². The van der Waals surface area contributed by atoms with Gasteiger partial charge in [0.05, 0.1) is 35.9 Å². The Balaban J connectivity index is 1.29. The SMILES string of the molecule is CCOC(=O)c1ccc(N2C(=O)C3Sc4[nH]c(=O)sc4C(c4ccccc4OCC(=O)Nc4ccc(OC)cc4)C3C2=O)cc1. The Kier molecular flexibility index (Phi) is 8.46. The minimum absolute atomic E-state index is 0.219. The van der Waals surface area contributed by atoms with Crippen LogP contribution in [0.15, 0.2) is 82.6 Å². The smallest absolute Gasteiger partial charge is 0.338 e. The molecule has 230 valence electrons. The minimum atomic E-state index is -0.857. The van der Waals surface area contributed by atoms with E-state index in [2.05, 4.69) is 10.3 Å². The zero-order valence-electron chi connectivity index (χ0n) is 24.1. The van der Waals surface area contributed by atoms with E-state index in [0.29, 0.717) is 43.9 Å². The molecule has 0 radical (unpaired) electrons. The summed E-state index contributed by atoms with van der Waals surface area (Å²) >= 11 is 2.13. The van der Waals surface area contributed by atoms with Crippen LogP contribution in [0.4, 0.5) is 11.4 Å². The van der Waals surface area contributed by atoms with Crippen LogP contribution in [0.3, 0.4) is 0 Å². The molecule has 3 heterocycles. The summed E-state index contributed by atoms with van der Waals surface area (Å²) in [4.78, 5) is 69.5. The third-order valence-electron chi connectivity index (χ3n) is 7.45. The number of esters is 1. The third kappa shape index (κ3) is 5.83. The first-order valence-corrected chi connectivity index (χ1v) is 15.7. The van der Waals surface area contributed by atoms with Gasteiger partial charge in [-0.15, -0.1) is 0 Å². The molecule has 1 saturated heterocycles. The highest BCUT2D eigenvalue weighted by Crippen LogP contribution is 2.54. The van der Waals surface area contributed by atoms with Crippen molar-refractivity contribution in [3.8, 4) is 11.5 Å². The number of aromatic amines is 1. The fourth-order valence-electron chi connectivity index (χ4n) is 5.45. The number of hydrogen-bond donors (Lipinski definition) is 2. The van der Waals surface area contributed by atoms with Crippen molar-refractivity contribution >= 4 is 58.2 Å². The predicted octanol–water partition coefficient (Wildman–Crippen LogP) is 4.44. The number of anilines is 2. The third-order valence-corrected chi connectivity index (χ3v) is 9.85. The molecule has 13 heteroatoms. The summed E-state index contributed by atoms with van der Waals surface area (Å²) in [5.41, 5.74) is 1.76. The van der Waals surface area contributed by atoms with Gasteiger partial charge in [-0.2, -0.15) is 0 Å². The molecule has 3 aromatic carbocycles. The van der Waals surface area contributed by atoms with Crippen LogP contribution in [0.25, 0.3) is 0 Å². The standard InChI is InChI=1S/C32H27N3O8S2/c1-3-42-31(39)17-8-12-19(13-9-17)35-29(37)25-24(26-28(34-32(40)45-26)44-27(25)30(35)38)21-6-4-5-7-22(21)43-16-23(36)33-18-10-14-20(41-2)15-11-18/h4-15,24-25,27H,3,16H2,1-2H3,(H,33,36)(H,34,40). The van der Waals surface area contributed by atoms with Crippen LogP contribution < -0.4 is 24.6 Å². The molecule has 0 saturated carbocycles. The van der Waals surface area contributed by atoms with Gasteiger partial charge in [-0.3, -0.25) is 19.2 Å². The van der Waals surface area contributed by atoms with E-state index in [9.17, 15) is 24.0 Å². The van der Waals surface area contributed by atoms with Crippen molar-refractivity contribution in [2.24, 2.45) is 5.92 Å². The lowest BCUT2D eigenvalue weighted by Gasteiger charge is -2.30. The zero-order valence-corrected chi connectivity index (χ0v) is 25.7. The molecule has 3 unspecified atom stereocenters. The lowest BCUT2D eigenvalue weighted by atomic mass is 9.82. The number of rotatable bonds is 9. The van der Waals surface area contributed by atoms with Gasteiger partial charge < -0.3 is 24.5 Å². The number of amides is 3. The second-order valence-electron chi connectivity index (χ2n) is 10.1. The van der Waals surface area contributed by atoms with Crippen molar-refractivity contribution in [1.29, 1.82) is 0 Å². The summed E-state index contributed by atoms with van der Waals surface area (Å²) in [6.45, 7) is 1.60. The number of imide groups is 1. The Morgan fingerprint density at radius 3 is 2.40 bits per heavy atom. The van der Waals surface area contributed by atoms with E-state index in [1.165, 1.54) is 24.3 Å². The minimum Gasteiger partial charge on any atom is -0.497 e. The van der Waals surface area contributed by atoms with Gasteiger partial charge >= 0.3 is 10.8 Å². The molecule has 1 fully saturated rings. The summed E-state index contributed by atoms with van der Waals surface area (Å²) in [6, 6.07) is 19.9. The highest BCUT2D eigenvalue weighted by Gasteiger charge is 2.56. The number of carbonyl (C=O) groups is 4. The van der Waals surface area contributed by atoms with Crippen molar-refractivity contribution in [3.63, 3.8) is 0 Å². The van der Waals surface area contributed by atoms with Crippen LogP contribution in [-0.4, -0.2) is 54.2 Å².